The summed E-state index contributed by atoms with van der Waals surface area (Å²) in [4.78, 5) is 22.1. The number of Topliss-reactive ketones (excluding diaryl/α,β-unsaturated/α-hetero) is 1. The van der Waals surface area contributed by atoms with Gasteiger partial charge < -0.3 is 4.79 Å². The summed E-state index contributed by atoms with van der Waals surface area (Å²) in [5.74, 6) is 4.03. The SMILES string of the molecule is C=C[C@@H]1CC[C@@H]2[C@@H](C1)C[C@H]1C(=O)C3=C([CH]3)[C@H](C)C1[C@H]2/C=C/C1=CC=C(c2cccc(F)c2)C(C)C1.CC=O.CCCC1=C[CH]1.[HH]. The Hall–Kier alpha value is -3.07. The second-order valence-corrected chi connectivity index (χ2v) is 13.6. The third kappa shape index (κ3) is 7.24. The molecule has 0 aliphatic heterocycles. The van der Waals surface area contributed by atoms with Gasteiger partial charge in [0.25, 0.3) is 0 Å². The van der Waals surface area contributed by atoms with Crippen molar-refractivity contribution in [2.24, 2.45) is 47.3 Å². The van der Waals surface area contributed by atoms with E-state index in [9.17, 15) is 9.18 Å². The van der Waals surface area contributed by atoms with E-state index in [0.717, 1.165) is 30.3 Å². The standard InChI is InChI=1S/C33H36FO.C6H9.C2H4O.H2/c1-4-21-8-12-27-24(15-21)17-31-32(20(3)29-18-30(29)33(31)35)28(27)13-10-22-9-11-26(19(2)14-22)23-6-5-7-25(34)16-23;1-2-3-6-4-5-6;1-2-3;/h4-7,9-11,13,16,18-21,24,27-28,31-32H,1,8,12,14-15,17H2,2-3H3;4-5H,2-3H2,1H3;2H,1H3;1H/b13-10+;;;/t19?,20-,21+,24-,27+,28-,31+,32?;;;/m0.../s1. The van der Waals surface area contributed by atoms with Crippen molar-refractivity contribution in [3.05, 3.63) is 114 Å². The molecule has 3 heteroatoms. The molecule has 0 bridgehead atoms. The van der Waals surface area contributed by atoms with E-state index in [1.807, 2.05) is 6.07 Å². The minimum absolute atomic E-state index is 0. The topological polar surface area (TPSA) is 34.1 Å². The fourth-order valence-electron chi connectivity index (χ4n) is 8.52. The van der Waals surface area contributed by atoms with Crippen LogP contribution >= 0.6 is 0 Å². The number of benzene rings is 1. The average molecular weight is 595 g/mol. The number of allylic oxidation sites excluding steroid dienone is 11. The van der Waals surface area contributed by atoms with Crippen molar-refractivity contribution in [3.8, 4) is 0 Å². The van der Waals surface area contributed by atoms with E-state index in [-0.39, 0.29) is 13.2 Å². The largest absolute Gasteiger partial charge is 0.304 e. The minimum atomic E-state index is -0.180. The molecule has 0 amide bonds. The molecule has 0 aromatic heterocycles. The first kappa shape index (κ1) is 32.3. The Kier molecular flexibility index (Phi) is 10.5. The molecule has 2 fully saturated rings. The zero-order valence-corrected chi connectivity index (χ0v) is 27.0. The quantitative estimate of drug-likeness (QED) is 0.243. The van der Waals surface area contributed by atoms with Crippen molar-refractivity contribution in [2.45, 2.75) is 72.6 Å². The van der Waals surface area contributed by atoms with Gasteiger partial charge in [0, 0.05) is 25.8 Å². The molecule has 6 aliphatic carbocycles. The lowest BCUT2D eigenvalue weighted by Gasteiger charge is -2.51. The molecule has 234 valence electrons. The van der Waals surface area contributed by atoms with E-state index >= 15 is 0 Å². The lowest BCUT2D eigenvalue weighted by molar-refractivity contribution is -0.126. The van der Waals surface area contributed by atoms with Crippen LogP contribution in [0.4, 0.5) is 4.39 Å². The van der Waals surface area contributed by atoms with Gasteiger partial charge in [0.1, 0.15) is 12.1 Å². The summed E-state index contributed by atoms with van der Waals surface area (Å²) in [6.07, 6.45) is 26.9. The first-order valence-corrected chi connectivity index (χ1v) is 16.8. The molecule has 7 rings (SSSR count). The van der Waals surface area contributed by atoms with E-state index in [1.165, 1.54) is 67.4 Å². The summed E-state index contributed by atoms with van der Waals surface area (Å²) in [7, 11) is 0. The van der Waals surface area contributed by atoms with Crippen LogP contribution in [-0.4, -0.2) is 12.1 Å². The lowest BCUT2D eigenvalue weighted by Crippen LogP contribution is -2.47. The number of hydrogen-bond donors (Lipinski definition) is 0. The van der Waals surface area contributed by atoms with Gasteiger partial charge in [0.15, 0.2) is 5.78 Å². The van der Waals surface area contributed by atoms with Gasteiger partial charge in [0.2, 0.25) is 0 Å². The minimum Gasteiger partial charge on any atom is -0.304 e. The molecule has 2 unspecified atom stereocenters. The van der Waals surface area contributed by atoms with Crippen LogP contribution < -0.4 is 0 Å². The van der Waals surface area contributed by atoms with Crippen LogP contribution in [0.2, 0.25) is 0 Å². The van der Waals surface area contributed by atoms with Crippen molar-refractivity contribution < 1.29 is 15.4 Å². The number of carbonyl (C=O) groups is 2. The fourth-order valence-corrected chi connectivity index (χ4v) is 8.52. The van der Waals surface area contributed by atoms with Crippen LogP contribution in [0.15, 0.2) is 89.6 Å². The Morgan fingerprint density at radius 3 is 2.52 bits per heavy atom. The Bertz CT molecular complexity index is 1410. The average Bonchev–Trinajstić information content (AvgIpc) is 3.95. The fraction of sp³-hybridized carbons (Fsp3) is 0.463. The van der Waals surface area contributed by atoms with Crippen LogP contribution in [-0.2, 0) is 9.59 Å². The maximum absolute atomic E-state index is 13.8. The van der Waals surface area contributed by atoms with Gasteiger partial charge in [0.05, 0.1) is 0 Å². The van der Waals surface area contributed by atoms with E-state index in [0.29, 0.717) is 47.2 Å². The van der Waals surface area contributed by atoms with Crippen molar-refractivity contribution in [3.63, 3.8) is 0 Å². The van der Waals surface area contributed by atoms with Crippen molar-refractivity contribution in [1.82, 2.24) is 0 Å². The predicted molar refractivity (Wildman–Crippen MR) is 182 cm³/mol. The third-order valence-corrected chi connectivity index (χ3v) is 10.8. The van der Waals surface area contributed by atoms with Crippen LogP contribution in [0.5, 0.6) is 0 Å². The molecule has 8 atom stereocenters. The number of aldehydes is 1. The number of halogens is 1. The summed E-state index contributed by atoms with van der Waals surface area (Å²) in [5.41, 5.74) is 7.45. The van der Waals surface area contributed by atoms with Gasteiger partial charge in [-0.05, 0) is 116 Å². The Morgan fingerprint density at radius 1 is 1.11 bits per heavy atom. The Balaban J connectivity index is 0.000000403. The normalized spacial score (nSPS) is 33.1. The van der Waals surface area contributed by atoms with E-state index in [1.54, 1.807) is 12.1 Å². The Morgan fingerprint density at radius 2 is 1.89 bits per heavy atom. The molecule has 0 heterocycles. The molecule has 2 nitrogen and oxygen atoms in total. The third-order valence-electron chi connectivity index (χ3n) is 10.8. The summed E-state index contributed by atoms with van der Waals surface area (Å²) >= 11 is 0. The number of rotatable bonds is 6. The molecule has 1 aromatic rings. The molecular formula is C41H51FO2. The van der Waals surface area contributed by atoms with Gasteiger partial charge >= 0.3 is 0 Å². The highest BCUT2D eigenvalue weighted by Crippen LogP contribution is 2.60. The number of hydrogen-bond acceptors (Lipinski definition) is 2. The zero-order valence-electron chi connectivity index (χ0n) is 27.0. The Labute approximate surface area is 266 Å². The summed E-state index contributed by atoms with van der Waals surface area (Å²) < 4.78 is 13.8. The molecule has 2 saturated carbocycles. The highest BCUT2D eigenvalue weighted by molar-refractivity contribution is 6.08. The van der Waals surface area contributed by atoms with Gasteiger partial charge in [-0.3, -0.25) is 4.79 Å². The second-order valence-electron chi connectivity index (χ2n) is 13.6. The molecule has 0 spiro atoms. The van der Waals surface area contributed by atoms with Gasteiger partial charge in [-0.2, -0.15) is 0 Å². The monoisotopic (exact) mass is 594 g/mol. The highest BCUT2D eigenvalue weighted by atomic mass is 19.1. The first-order valence-electron chi connectivity index (χ1n) is 16.8. The lowest BCUT2D eigenvalue weighted by atomic mass is 9.52. The molecule has 44 heavy (non-hydrogen) atoms. The smallest absolute Gasteiger partial charge is 0.162 e. The van der Waals surface area contributed by atoms with Crippen LogP contribution in [0, 0.1) is 66.0 Å². The molecule has 6 aliphatic rings. The summed E-state index contributed by atoms with van der Waals surface area (Å²) in [6.45, 7) is 12.3. The summed E-state index contributed by atoms with van der Waals surface area (Å²) in [5, 5.41) is 0. The molecule has 0 N–H and O–H groups in total. The van der Waals surface area contributed by atoms with Crippen LogP contribution in [0.25, 0.3) is 5.57 Å². The second kappa shape index (κ2) is 14.4. The van der Waals surface area contributed by atoms with Crippen LogP contribution in [0.3, 0.4) is 0 Å². The number of ketones is 1. The maximum atomic E-state index is 13.8. The van der Waals surface area contributed by atoms with E-state index in [2.05, 4.69) is 76.6 Å². The highest BCUT2D eigenvalue weighted by Gasteiger charge is 2.55. The first-order chi connectivity index (χ1) is 21.3. The predicted octanol–water partition coefficient (Wildman–Crippen LogP) is 10.3. The maximum Gasteiger partial charge on any atom is 0.162 e. The zero-order chi connectivity index (χ0) is 31.4. The van der Waals surface area contributed by atoms with Crippen molar-refractivity contribution >= 4 is 17.6 Å². The number of carbonyl (C=O) groups excluding carboxylic acids is 2. The summed E-state index contributed by atoms with van der Waals surface area (Å²) in [6, 6.07) is 6.93. The van der Waals surface area contributed by atoms with Crippen molar-refractivity contribution in [2.75, 3.05) is 0 Å². The van der Waals surface area contributed by atoms with Gasteiger partial charge in [-0.1, -0.05) is 86.9 Å². The molecule has 1 aromatic carbocycles. The van der Waals surface area contributed by atoms with Gasteiger partial charge in [-0.25, -0.2) is 4.39 Å². The molecule has 0 saturated heterocycles. The van der Waals surface area contributed by atoms with Crippen molar-refractivity contribution in [1.29, 1.82) is 0 Å². The van der Waals surface area contributed by atoms with Crippen LogP contribution in [0.1, 0.15) is 79.6 Å². The number of fused-ring (bicyclic) bond motifs is 2. The molecular weight excluding hydrogens is 543 g/mol. The van der Waals surface area contributed by atoms with Gasteiger partial charge in [-0.15, -0.1) is 6.58 Å². The molecule has 2 radical (unpaired) electrons. The van der Waals surface area contributed by atoms with E-state index in [4.69, 9.17) is 4.79 Å². The van der Waals surface area contributed by atoms with E-state index < -0.39 is 0 Å².